The first-order valence-electron chi connectivity index (χ1n) is 5.88. The van der Waals surface area contributed by atoms with Crippen LogP contribution in [0.1, 0.15) is 26.2 Å². The maximum Gasteiger partial charge on any atom is 0.308 e. The van der Waals surface area contributed by atoms with E-state index in [9.17, 15) is 14.4 Å². The van der Waals surface area contributed by atoms with Gasteiger partial charge in [0.1, 0.15) is 19.8 Å². The molecule has 0 radical (unpaired) electrons. The number of esters is 1. The van der Waals surface area contributed by atoms with Crippen LogP contribution in [0.15, 0.2) is 0 Å². The summed E-state index contributed by atoms with van der Waals surface area (Å²) in [6.45, 7) is 2.46. The molecule has 1 rings (SSSR count). The second-order valence-electron chi connectivity index (χ2n) is 4.86. The lowest BCUT2D eigenvalue weighted by Crippen LogP contribution is -2.36. The average Bonchev–Trinajstić information content (AvgIpc) is 2.30. The Labute approximate surface area is 106 Å². The van der Waals surface area contributed by atoms with Crippen molar-refractivity contribution in [3.8, 4) is 0 Å². The zero-order valence-electron chi connectivity index (χ0n) is 10.4. The molecule has 6 heteroatoms. The van der Waals surface area contributed by atoms with Gasteiger partial charge in [0.05, 0.1) is 11.3 Å². The molecule has 6 nitrogen and oxygen atoms in total. The largest absolute Gasteiger partial charge is 0.467 e. The average molecular weight is 258 g/mol. The topological polar surface area (TPSA) is 78.9 Å². The molecule has 0 saturated heterocycles. The number of carbonyl (C=O) groups excluding carboxylic acids is 3. The molecule has 0 atom stereocenters. The molecule has 102 valence electrons. The Balaban J connectivity index is 2.40. The van der Waals surface area contributed by atoms with Crippen LogP contribution in [0.5, 0.6) is 0 Å². The summed E-state index contributed by atoms with van der Waals surface area (Å²) >= 11 is 0. The van der Waals surface area contributed by atoms with Crippen molar-refractivity contribution in [2.75, 3.05) is 19.8 Å². The van der Waals surface area contributed by atoms with Crippen molar-refractivity contribution in [1.82, 2.24) is 0 Å². The van der Waals surface area contributed by atoms with Crippen LogP contribution in [0, 0.1) is 11.3 Å². The molecule has 0 heterocycles. The summed E-state index contributed by atoms with van der Waals surface area (Å²) in [5.41, 5.74) is -0.707. The van der Waals surface area contributed by atoms with Crippen molar-refractivity contribution < 1.29 is 28.6 Å². The van der Waals surface area contributed by atoms with Crippen molar-refractivity contribution in [3.05, 3.63) is 0 Å². The van der Waals surface area contributed by atoms with Gasteiger partial charge in [-0.15, -0.1) is 0 Å². The monoisotopic (exact) mass is 258 g/mol. The van der Waals surface area contributed by atoms with E-state index in [1.165, 1.54) is 0 Å². The molecule has 0 spiro atoms. The fourth-order valence-corrected chi connectivity index (χ4v) is 1.60. The molecule has 18 heavy (non-hydrogen) atoms. The standard InChI is InChI=1S/C12H18O6/c1-12(5-16-8-13,6-17-9-14)7-18-11(15)10-3-2-4-10/h8-10H,2-7H2,1H3. The van der Waals surface area contributed by atoms with Crippen molar-refractivity contribution in [2.24, 2.45) is 11.3 Å². The van der Waals surface area contributed by atoms with Crippen LogP contribution in [0.4, 0.5) is 0 Å². The molecule has 0 aromatic heterocycles. The van der Waals surface area contributed by atoms with Crippen LogP contribution in [0.25, 0.3) is 0 Å². The van der Waals surface area contributed by atoms with Gasteiger partial charge in [-0.2, -0.15) is 0 Å². The minimum atomic E-state index is -0.707. The summed E-state index contributed by atoms with van der Waals surface area (Å²) in [6.07, 6.45) is 2.79. The summed E-state index contributed by atoms with van der Waals surface area (Å²) < 4.78 is 14.5. The fraction of sp³-hybridized carbons (Fsp3) is 0.750. The molecular weight excluding hydrogens is 240 g/mol. The second-order valence-corrected chi connectivity index (χ2v) is 4.86. The zero-order chi connectivity index (χ0) is 13.4. The van der Waals surface area contributed by atoms with Gasteiger partial charge in [-0.05, 0) is 19.8 Å². The van der Waals surface area contributed by atoms with E-state index in [0.717, 1.165) is 19.3 Å². The number of hydrogen-bond acceptors (Lipinski definition) is 6. The molecular formula is C12H18O6. The van der Waals surface area contributed by atoms with E-state index in [0.29, 0.717) is 12.9 Å². The third-order valence-electron chi connectivity index (χ3n) is 3.00. The van der Waals surface area contributed by atoms with Crippen molar-refractivity contribution in [3.63, 3.8) is 0 Å². The Morgan fingerprint density at radius 3 is 2.11 bits per heavy atom. The zero-order valence-corrected chi connectivity index (χ0v) is 10.4. The predicted octanol–water partition coefficient (Wildman–Crippen LogP) is 0.682. The Morgan fingerprint density at radius 1 is 1.17 bits per heavy atom. The maximum atomic E-state index is 11.6. The molecule has 0 aliphatic heterocycles. The fourth-order valence-electron chi connectivity index (χ4n) is 1.60. The molecule has 0 bridgehead atoms. The molecule has 1 fully saturated rings. The summed E-state index contributed by atoms with van der Waals surface area (Å²) in [5.74, 6) is -0.238. The quantitative estimate of drug-likeness (QED) is 0.344. The van der Waals surface area contributed by atoms with E-state index in [1.54, 1.807) is 6.92 Å². The van der Waals surface area contributed by atoms with Crippen molar-refractivity contribution in [2.45, 2.75) is 26.2 Å². The molecule has 0 aromatic carbocycles. The lowest BCUT2D eigenvalue weighted by Gasteiger charge is -2.29. The van der Waals surface area contributed by atoms with Gasteiger partial charge in [-0.25, -0.2) is 0 Å². The van der Waals surface area contributed by atoms with Gasteiger partial charge in [0.25, 0.3) is 12.9 Å². The molecule has 0 amide bonds. The normalized spacial score (nSPS) is 15.4. The molecule has 1 aliphatic carbocycles. The summed E-state index contributed by atoms with van der Waals surface area (Å²) in [5, 5.41) is 0. The van der Waals surface area contributed by atoms with Gasteiger partial charge in [-0.3, -0.25) is 14.4 Å². The molecule has 1 saturated carbocycles. The Hall–Kier alpha value is -1.59. The minimum Gasteiger partial charge on any atom is -0.467 e. The summed E-state index contributed by atoms with van der Waals surface area (Å²) in [7, 11) is 0. The Bertz CT molecular complexity index is 285. The molecule has 0 N–H and O–H groups in total. The van der Waals surface area contributed by atoms with E-state index in [4.69, 9.17) is 4.74 Å². The number of hydrogen-bond donors (Lipinski definition) is 0. The van der Waals surface area contributed by atoms with Crippen molar-refractivity contribution >= 4 is 18.9 Å². The lowest BCUT2D eigenvalue weighted by molar-refractivity contribution is -0.159. The van der Waals surface area contributed by atoms with Crippen molar-refractivity contribution in [1.29, 1.82) is 0 Å². The Morgan fingerprint density at radius 2 is 1.72 bits per heavy atom. The number of ether oxygens (including phenoxy) is 3. The highest BCUT2D eigenvalue weighted by Gasteiger charge is 2.32. The van der Waals surface area contributed by atoms with Gasteiger partial charge >= 0.3 is 5.97 Å². The van der Waals surface area contributed by atoms with E-state index >= 15 is 0 Å². The van der Waals surface area contributed by atoms with Gasteiger partial charge in [0.15, 0.2) is 0 Å². The first-order chi connectivity index (χ1) is 8.61. The van der Waals surface area contributed by atoms with Gasteiger partial charge < -0.3 is 14.2 Å². The highest BCUT2D eigenvalue weighted by atomic mass is 16.6. The van der Waals surface area contributed by atoms with Crippen LogP contribution in [0.2, 0.25) is 0 Å². The first kappa shape index (κ1) is 14.5. The van der Waals surface area contributed by atoms with E-state index in [1.807, 2.05) is 0 Å². The van der Waals surface area contributed by atoms with Gasteiger partial charge in [0, 0.05) is 0 Å². The summed E-state index contributed by atoms with van der Waals surface area (Å²) in [4.78, 5) is 32.0. The Kier molecular flexibility index (Phi) is 5.61. The SMILES string of the molecule is CC(COC=O)(COC=O)COC(=O)C1CCC1. The third-order valence-corrected chi connectivity index (χ3v) is 3.00. The minimum absolute atomic E-state index is 0.00627. The highest BCUT2D eigenvalue weighted by molar-refractivity contribution is 5.73. The first-order valence-corrected chi connectivity index (χ1v) is 5.88. The van der Waals surface area contributed by atoms with Crippen LogP contribution >= 0.6 is 0 Å². The van der Waals surface area contributed by atoms with Crippen LogP contribution < -0.4 is 0 Å². The highest BCUT2D eigenvalue weighted by Crippen LogP contribution is 2.28. The number of carbonyl (C=O) groups is 3. The van der Waals surface area contributed by atoms with Crippen LogP contribution in [-0.2, 0) is 28.6 Å². The van der Waals surface area contributed by atoms with E-state index in [2.05, 4.69) is 9.47 Å². The number of rotatable bonds is 9. The maximum absolute atomic E-state index is 11.6. The third kappa shape index (κ3) is 4.35. The second kappa shape index (κ2) is 6.98. The molecule has 1 aliphatic rings. The van der Waals surface area contributed by atoms with Crippen LogP contribution in [-0.4, -0.2) is 38.7 Å². The van der Waals surface area contributed by atoms with Gasteiger partial charge in [0.2, 0.25) is 0 Å². The summed E-state index contributed by atoms with van der Waals surface area (Å²) in [6, 6.07) is 0. The predicted molar refractivity (Wildman–Crippen MR) is 60.4 cm³/mol. The molecule has 0 unspecified atom stereocenters. The lowest BCUT2D eigenvalue weighted by atomic mass is 9.85. The van der Waals surface area contributed by atoms with E-state index in [-0.39, 0.29) is 31.7 Å². The molecule has 0 aromatic rings. The van der Waals surface area contributed by atoms with Gasteiger partial charge in [-0.1, -0.05) is 6.42 Å². The van der Waals surface area contributed by atoms with E-state index < -0.39 is 5.41 Å². The smallest absolute Gasteiger partial charge is 0.308 e. The van der Waals surface area contributed by atoms with Crippen LogP contribution in [0.3, 0.4) is 0 Å².